The second-order valence-electron chi connectivity index (χ2n) is 6.22. The molecule has 1 saturated heterocycles. The highest BCUT2D eigenvalue weighted by Crippen LogP contribution is 2.48. The van der Waals surface area contributed by atoms with Crippen LogP contribution in [0, 0.1) is 5.92 Å². The Balaban J connectivity index is 1.47. The van der Waals surface area contributed by atoms with Crippen LogP contribution in [0.4, 0.5) is 0 Å². The van der Waals surface area contributed by atoms with E-state index < -0.39 is 0 Å². The molecule has 0 radical (unpaired) electrons. The van der Waals surface area contributed by atoms with Gasteiger partial charge in [-0.1, -0.05) is 23.7 Å². The van der Waals surface area contributed by atoms with Gasteiger partial charge < -0.3 is 10.1 Å². The topological polar surface area (TPSA) is 38.3 Å². The SMILES string of the molecule is O=C(NCCCC1CCOC1)C1(c2ccc(Cl)cc2)CC1. The Morgan fingerprint density at radius 3 is 2.71 bits per heavy atom. The van der Waals surface area contributed by atoms with Gasteiger partial charge in [-0.05, 0) is 55.7 Å². The monoisotopic (exact) mass is 307 g/mol. The molecule has 0 aromatic heterocycles. The highest BCUT2D eigenvalue weighted by Gasteiger charge is 2.50. The van der Waals surface area contributed by atoms with Crippen LogP contribution in [-0.2, 0) is 14.9 Å². The van der Waals surface area contributed by atoms with E-state index in [0.29, 0.717) is 10.9 Å². The predicted molar refractivity (Wildman–Crippen MR) is 83.5 cm³/mol. The summed E-state index contributed by atoms with van der Waals surface area (Å²) in [4.78, 5) is 12.4. The van der Waals surface area contributed by atoms with E-state index in [4.69, 9.17) is 16.3 Å². The van der Waals surface area contributed by atoms with Crippen molar-refractivity contribution in [1.29, 1.82) is 0 Å². The summed E-state index contributed by atoms with van der Waals surface area (Å²) in [6.45, 7) is 2.56. The lowest BCUT2D eigenvalue weighted by Crippen LogP contribution is -2.35. The van der Waals surface area contributed by atoms with E-state index in [-0.39, 0.29) is 11.3 Å². The number of hydrogen-bond donors (Lipinski definition) is 1. The fourth-order valence-corrected chi connectivity index (χ4v) is 3.24. The van der Waals surface area contributed by atoms with Gasteiger partial charge in [0.25, 0.3) is 0 Å². The summed E-state index contributed by atoms with van der Waals surface area (Å²) >= 11 is 5.92. The van der Waals surface area contributed by atoms with E-state index in [9.17, 15) is 4.79 Å². The lowest BCUT2D eigenvalue weighted by Gasteiger charge is -2.16. The molecule has 3 rings (SSSR count). The summed E-state index contributed by atoms with van der Waals surface area (Å²) in [6, 6.07) is 7.68. The molecule has 1 amide bonds. The number of carbonyl (C=O) groups excluding carboxylic acids is 1. The zero-order valence-corrected chi connectivity index (χ0v) is 13.0. The molecule has 1 saturated carbocycles. The van der Waals surface area contributed by atoms with Gasteiger partial charge in [0.15, 0.2) is 0 Å². The number of nitrogens with one attached hydrogen (secondary N) is 1. The van der Waals surface area contributed by atoms with Gasteiger partial charge >= 0.3 is 0 Å². The Kier molecular flexibility index (Phi) is 4.51. The summed E-state index contributed by atoms with van der Waals surface area (Å²) in [5.41, 5.74) is 0.801. The smallest absolute Gasteiger partial charge is 0.230 e. The van der Waals surface area contributed by atoms with Crippen LogP contribution in [0.25, 0.3) is 0 Å². The number of halogens is 1. The molecule has 0 spiro atoms. The van der Waals surface area contributed by atoms with Crippen LogP contribution in [0.15, 0.2) is 24.3 Å². The lowest BCUT2D eigenvalue weighted by atomic mass is 9.95. The van der Waals surface area contributed by atoms with Gasteiger partial charge in [-0.2, -0.15) is 0 Å². The molecule has 1 aliphatic carbocycles. The number of carbonyl (C=O) groups is 1. The van der Waals surface area contributed by atoms with Crippen LogP contribution in [0.1, 0.15) is 37.7 Å². The van der Waals surface area contributed by atoms with Gasteiger partial charge in [0.1, 0.15) is 0 Å². The minimum atomic E-state index is -0.291. The third-order valence-corrected chi connectivity index (χ3v) is 4.93. The summed E-state index contributed by atoms with van der Waals surface area (Å²) in [6.07, 6.45) is 5.24. The van der Waals surface area contributed by atoms with Crippen LogP contribution in [-0.4, -0.2) is 25.7 Å². The van der Waals surface area contributed by atoms with E-state index >= 15 is 0 Å². The molecule has 2 aliphatic rings. The second-order valence-corrected chi connectivity index (χ2v) is 6.65. The highest BCUT2D eigenvalue weighted by atomic mass is 35.5. The van der Waals surface area contributed by atoms with E-state index in [1.165, 1.54) is 6.42 Å². The molecule has 21 heavy (non-hydrogen) atoms. The van der Waals surface area contributed by atoms with Crippen molar-refractivity contribution in [3.05, 3.63) is 34.9 Å². The van der Waals surface area contributed by atoms with Crippen molar-refractivity contribution in [3.63, 3.8) is 0 Å². The van der Waals surface area contributed by atoms with Crippen LogP contribution in [0.3, 0.4) is 0 Å². The predicted octanol–water partition coefficient (Wildman–Crippen LogP) is 3.30. The van der Waals surface area contributed by atoms with E-state index in [2.05, 4.69) is 5.32 Å². The zero-order chi connectivity index (χ0) is 14.7. The van der Waals surface area contributed by atoms with Crippen molar-refractivity contribution < 1.29 is 9.53 Å². The van der Waals surface area contributed by atoms with Gasteiger partial charge in [-0.3, -0.25) is 4.79 Å². The van der Waals surface area contributed by atoms with Crippen LogP contribution in [0.2, 0.25) is 5.02 Å². The number of ether oxygens (including phenoxy) is 1. The zero-order valence-electron chi connectivity index (χ0n) is 12.2. The van der Waals surface area contributed by atoms with Crippen molar-refractivity contribution in [1.82, 2.24) is 5.32 Å². The van der Waals surface area contributed by atoms with Gasteiger partial charge in [0, 0.05) is 24.8 Å². The summed E-state index contributed by atoms with van der Waals surface area (Å²) in [5.74, 6) is 0.862. The van der Waals surface area contributed by atoms with Crippen molar-refractivity contribution >= 4 is 17.5 Å². The maximum Gasteiger partial charge on any atom is 0.230 e. The molecular formula is C17H22ClNO2. The summed E-state index contributed by atoms with van der Waals surface area (Å²) in [7, 11) is 0. The van der Waals surface area contributed by atoms with E-state index in [1.54, 1.807) is 0 Å². The molecule has 2 fully saturated rings. The Hall–Kier alpha value is -1.06. The van der Waals surface area contributed by atoms with Crippen molar-refractivity contribution in [2.75, 3.05) is 19.8 Å². The van der Waals surface area contributed by atoms with Gasteiger partial charge in [0.2, 0.25) is 5.91 Å². The summed E-state index contributed by atoms with van der Waals surface area (Å²) in [5, 5.41) is 3.83. The molecule has 1 atom stereocenters. The minimum Gasteiger partial charge on any atom is -0.381 e. The molecule has 1 N–H and O–H groups in total. The lowest BCUT2D eigenvalue weighted by molar-refractivity contribution is -0.123. The first-order valence-corrected chi connectivity index (χ1v) is 8.21. The normalized spacial score (nSPS) is 23.0. The maximum atomic E-state index is 12.4. The largest absolute Gasteiger partial charge is 0.381 e. The van der Waals surface area contributed by atoms with Crippen molar-refractivity contribution in [2.45, 2.75) is 37.5 Å². The first-order valence-electron chi connectivity index (χ1n) is 7.83. The van der Waals surface area contributed by atoms with Gasteiger partial charge in [-0.15, -0.1) is 0 Å². The van der Waals surface area contributed by atoms with Crippen molar-refractivity contribution in [2.24, 2.45) is 5.92 Å². The Bertz CT molecular complexity index is 490. The van der Waals surface area contributed by atoms with Crippen molar-refractivity contribution in [3.8, 4) is 0 Å². The molecule has 1 aliphatic heterocycles. The number of benzene rings is 1. The molecule has 1 heterocycles. The highest BCUT2D eigenvalue weighted by molar-refractivity contribution is 6.30. The molecule has 114 valence electrons. The molecular weight excluding hydrogens is 286 g/mol. The standard InChI is InChI=1S/C17H22ClNO2/c18-15-5-3-14(4-6-15)17(8-9-17)16(20)19-10-1-2-13-7-11-21-12-13/h3-6,13H,1-2,7-12H2,(H,19,20). The Labute approximate surface area is 131 Å². The first-order chi connectivity index (χ1) is 10.2. The number of rotatable bonds is 6. The average molecular weight is 308 g/mol. The minimum absolute atomic E-state index is 0.174. The maximum absolute atomic E-state index is 12.4. The Morgan fingerprint density at radius 1 is 1.33 bits per heavy atom. The Morgan fingerprint density at radius 2 is 2.10 bits per heavy atom. The number of amides is 1. The molecule has 1 aromatic rings. The molecule has 0 bridgehead atoms. The third-order valence-electron chi connectivity index (χ3n) is 4.68. The second kappa shape index (κ2) is 6.37. The number of hydrogen-bond acceptors (Lipinski definition) is 2. The fourth-order valence-electron chi connectivity index (χ4n) is 3.11. The van der Waals surface area contributed by atoms with Crippen LogP contribution >= 0.6 is 11.6 Å². The molecule has 3 nitrogen and oxygen atoms in total. The first kappa shape index (κ1) is 14.9. The van der Waals surface area contributed by atoms with Gasteiger partial charge in [-0.25, -0.2) is 0 Å². The van der Waals surface area contributed by atoms with E-state index in [0.717, 1.165) is 51.0 Å². The third kappa shape index (κ3) is 3.41. The van der Waals surface area contributed by atoms with Gasteiger partial charge in [0.05, 0.1) is 5.41 Å². The molecule has 1 aromatic carbocycles. The molecule has 4 heteroatoms. The quantitative estimate of drug-likeness (QED) is 0.819. The molecule has 1 unspecified atom stereocenters. The van der Waals surface area contributed by atoms with Crippen LogP contribution in [0.5, 0.6) is 0 Å². The average Bonchev–Trinajstić information content (AvgIpc) is 3.14. The van der Waals surface area contributed by atoms with E-state index in [1.807, 2.05) is 24.3 Å². The van der Waals surface area contributed by atoms with Crippen LogP contribution < -0.4 is 5.32 Å². The fraction of sp³-hybridized carbons (Fsp3) is 0.588. The summed E-state index contributed by atoms with van der Waals surface area (Å²) < 4.78 is 5.37.